The van der Waals surface area contributed by atoms with Crippen LogP contribution in [0.25, 0.3) is 0 Å². The minimum atomic E-state index is -0.180. The van der Waals surface area contributed by atoms with Crippen LogP contribution in [-0.2, 0) is 13.0 Å². The molecule has 1 aliphatic rings. The average Bonchev–Trinajstić information content (AvgIpc) is 3.11. The number of likely N-dealkylation sites (tertiary alicyclic amines) is 1. The highest BCUT2D eigenvalue weighted by molar-refractivity contribution is 7.09. The van der Waals surface area contributed by atoms with E-state index in [4.69, 9.17) is 0 Å². The van der Waals surface area contributed by atoms with E-state index >= 15 is 0 Å². The average molecular weight is 346 g/mol. The maximum atomic E-state index is 12.7. The predicted octanol–water partition coefficient (Wildman–Crippen LogP) is 2.30. The fraction of sp³-hybridized carbons (Fsp3) is 0.529. The van der Waals surface area contributed by atoms with Crippen molar-refractivity contribution in [2.24, 2.45) is 0 Å². The fourth-order valence-electron chi connectivity index (χ4n) is 2.99. The molecule has 128 valence electrons. The highest BCUT2D eigenvalue weighted by Gasteiger charge is 2.28. The van der Waals surface area contributed by atoms with Crippen LogP contribution in [0.2, 0.25) is 0 Å². The molecule has 0 aromatic carbocycles. The Balaban J connectivity index is 1.76. The maximum Gasteiger partial charge on any atom is 0.274 e. The Hall–Kier alpha value is -2.02. The SMILES string of the molecule is CCc1csc([C@H]2CCCN(C(=O)c3ccc(=O)n(CC)n3)C2)n1. The van der Waals surface area contributed by atoms with Crippen molar-refractivity contribution in [3.8, 4) is 0 Å². The normalized spacial score (nSPS) is 17.9. The number of rotatable bonds is 4. The van der Waals surface area contributed by atoms with E-state index in [1.807, 2.05) is 11.8 Å². The van der Waals surface area contributed by atoms with Crippen LogP contribution in [-0.4, -0.2) is 38.7 Å². The van der Waals surface area contributed by atoms with Crippen LogP contribution in [0.4, 0.5) is 0 Å². The van der Waals surface area contributed by atoms with Gasteiger partial charge in [0.15, 0.2) is 0 Å². The summed E-state index contributed by atoms with van der Waals surface area (Å²) in [6.45, 7) is 5.80. The lowest BCUT2D eigenvalue weighted by Gasteiger charge is -2.31. The first kappa shape index (κ1) is 16.8. The minimum absolute atomic E-state index is 0.103. The lowest BCUT2D eigenvalue weighted by atomic mass is 9.98. The molecule has 1 amide bonds. The number of aryl methyl sites for hydroxylation is 2. The number of aromatic nitrogens is 3. The minimum Gasteiger partial charge on any atom is -0.337 e. The Morgan fingerprint density at radius 2 is 2.21 bits per heavy atom. The first-order valence-corrected chi connectivity index (χ1v) is 9.32. The molecule has 3 rings (SSSR count). The summed E-state index contributed by atoms with van der Waals surface area (Å²) in [5.41, 5.74) is 1.28. The van der Waals surface area contributed by atoms with Gasteiger partial charge in [-0.15, -0.1) is 11.3 Å². The summed E-state index contributed by atoms with van der Waals surface area (Å²) in [5.74, 6) is 0.194. The number of carbonyl (C=O) groups is 1. The molecule has 6 nitrogen and oxygen atoms in total. The molecule has 1 atom stereocenters. The van der Waals surface area contributed by atoms with E-state index in [2.05, 4.69) is 22.4 Å². The second-order valence-corrected chi connectivity index (χ2v) is 6.88. The number of thiazole rings is 1. The zero-order valence-electron chi connectivity index (χ0n) is 14.1. The van der Waals surface area contributed by atoms with Crippen LogP contribution in [0.3, 0.4) is 0 Å². The van der Waals surface area contributed by atoms with Crippen LogP contribution in [0.1, 0.15) is 53.8 Å². The third-order valence-electron chi connectivity index (χ3n) is 4.37. The highest BCUT2D eigenvalue weighted by Crippen LogP contribution is 2.29. The van der Waals surface area contributed by atoms with Gasteiger partial charge >= 0.3 is 0 Å². The topological polar surface area (TPSA) is 68.1 Å². The molecule has 0 N–H and O–H groups in total. The summed E-state index contributed by atoms with van der Waals surface area (Å²) >= 11 is 1.69. The lowest BCUT2D eigenvalue weighted by molar-refractivity contribution is 0.0698. The van der Waals surface area contributed by atoms with Crippen molar-refractivity contribution in [1.29, 1.82) is 0 Å². The molecule has 1 aliphatic heterocycles. The Morgan fingerprint density at radius 1 is 1.38 bits per heavy atom. The van der Waals surface area contributed by atoms with Gasteiger partial charge in [0, 0.05) is 37.0 Å². The fourth-order valence-corrected chi connectivity index (χ4v) is 4.02. The van der Waals surface area contributed by atoms with Crippen LogP contribution in [0, 0.1) is 0 Å². The van der Waals surface area contributed by atoms with E-state index < -0.39 is 0 Å². The molecule has 2 aromatic heterocycles. The smallest absolute Gasteiger partial charge is 0.274 e. The maximum absolute atomic E-state index is 12.7. The summed E-state index contributed by atoms with van der Waals surface area (Å²) < 4.78 is 1.32. The zero-order chi connectivity index (χ0) is 17.1. The molecule has 0 spiro atoms. The Labute approximate surface area is 145 Å². The van der Waals surface area contributed by atoms with Gasteiger partial charge in [-0.05, 0) is 32.3 Å². The van der Waals surface area contributed by atoms with Crippen LogP contribution >= 0.6 is 11.3 Å². The van der Waals surface area contributed by atoms with E-state index in [1.165, 1.54) is 16.8 Å². The number of amides is 1. The largest absolute Gasteiger partial charge is 0.337 e. The number of nitrogens with zero attached hydrogens (tertiary/aromatic N) is 4. The van der Waals surface area contributed by atoms with Crippen LogP contribution in [0.15, 0.2) is 22.3 Å². The van der Waals surface area contributed by atoms with E-state index in [0.29, 0.717) is 24.7 Å². The second kappa shape index (κ2) is 7.25. The Morgan fingerprint density at radius 3 is 2.92 bits per heavy atom. The van der Waals surface area contributed by atoms with Crippen molar-refractivity contribution in [2.45, 2.75) is 45.6 Å². The third-order valence-corrected chi connectivity index (χ3v) is 5.43. The molecule has 0 aliphatic carbocycles. The molecule has 0 radical (unpaired) electrons. The number of hydrogen-bond donors (Lipinski definition) is 0. The van der Waals surface area contributed by atoms with Crippen molar-refractivity contribution < 1.29 is 4.79 Å². The van der Waals surface area contributed by atoms with E-state index in [9.17, 15) is 9.59 Å². The third kappa shape index (κ3) is 3.40. The molecule has 24 heavy (non-hydrogen) atoms. The molecule has 3 heterocycles. The molecule has 0 unspecified atom stereocenters. The molecule has 2 aromatic rings. The standard InChI is InChI=1S/C17H22N4O2S/c1-3-13-11-24-16(18-13)12-6-5-9-20(10-12)17(23)14-7-8-15(22)21(4-2)19-14/h7-8,11-12H,3-6,9-10H2,1-2H3/t12-/m0/s1. The number of piperidine rings is 1. The van der Waals surface area contributed by atoms with Gasteiger partial charge in [0.05, 0.1) is 10.7 Å². The van der Waals surface area contributed by atoms with Gasteiger partial charge in [-0.25, -0.2) is 9.67 Å². The van der Waals surface area contributed by atoms with Crippen molar-refractivity contribution >= 4 is 17.2 Å². The summed E-state index contributed by atoms with van der Waals surface area (Å²) in [6, 6.07) is 2.94. The van der Waals surface area contributed by atoms with E-state index in [1.54, 1.807) is 11.3 Å². The van der Waals surface area contributed by atoms with Gasteiger partial charge in [0.2, 0.25) is 0 Å². The predicted molar refractivity (Wildman–Crippen MR) is 93.5 cm³/mol. The molecular formula is C17H22N4O2S. The molecular weight excluding hydrogens is 324 g/mol. The number of carbonyl (C=O) groups excluding carboxylic acids is 1. The summed E-state index contributed by atoms with van der Waals surface area (Å²) in [6.07, 6.45) is 2.96. The molecule has 1 fully saturated rings. The molecule has 0 saturated carbocycles. The van der Waals surface area contributed by atoms with Crippen LogP contribution in [0.5, 0.6) is 0 Å². The quantitative estimate of drug-likeness (QED) is 0.852. The summed E-state index contributed by atoms with van der Waals surface area (Å²) in [7, 11) is 0. The van der Waals surface area contributed by atoms with Gasteiger partial charge < -0.3 is 4.90 Å². The zero-order valence-corrected chi connectivity index (χ0v) is 14.9. The highest BCUT2D eigenvalue weighted by atomic mass is 32.1. The van der Waals surface area contributed by atoms with E-state index in [-0.39, 0.29) is 11.5 Å². The first-order chi connectivity index (χ1) is 11.6. The van der Waals surface area contributed by atoms with Gasteiger partial charge in [0.25, 0.3) is 11.5 Å². The van der Waals surface area contributed by atoms with E-state index in [0.717, 1.165) is 36.5 Å². The van der Waals surface area contributed by atoms with Crippen molar-refractivity contribution in [1.82, 2.24) is 19.7 Å². The summed E-state index contributed by atoms with van der Waals surface area (Å²) in [4.78, 5) is 30.9. The first-order valence-electron chi connectivity index (χ1n) is 8.44. The van der Waals surface area contributed by atoms with Gasteiger partial charge in [0.1, 0.15) is 5.69 Å². The van der Waals surface area contributed by atoms with Gasteiger partial charge in [-0.3, -0.25) is 9.59 Å². The molecule has 0 bridgehead atoms. The molecule has 1 saturated heterocycles. The summed E-state index contributed by atoms with van der Waals surface area (Å²) in [5, 5.41) is 7.41. The van der Waals surface area contributed by atoms with Crippen molar-refractivity contribution in [3.05, 3.63) is 44.3 Å². The molecule has 7 heteroatoms. The Bertz CT molecular complexity index is 783. The Kier molecular flexibility index (Phi) is 5.08. The lowest BCUT2D eigenvalue weighted by Crippen LogP contribution is -2.40. The monoisotopic (exact) mass is 346 g/mol. The second-order valence-electron chi connectivity index (χ2n) is 5.99. The van der Waals surface area contributed by atoms with Crippen molar-refractivity contribution in [3.63, 3.8) is 0 Å². The number of hydrogen-bond acceptors (Lipinski definition) is 5. The van der Waals surface area contributed by atoms with Gasteiger partial charge in [-0.2, -0.15) is 5.10 Å². The van der Waals surface area contributed by atoms with Gasteiger partial charge in [-0.1, -0.05) is 6.92 Å². The van der Waals surface area contributed by atoms with Crippen molar-refractivity contribution in [2.75, 3.05) is 13.1 Å². The van der Waals surface area contributed by atoms with Crippen LogP contribution < -0.4 is 5.56 Å².